The number of carbonyl (C=O) groups is 1. The molecule has 2 aromatic carbocycles. The molecule has 0 spiro atoms. The second-order valence-corrected chi connectivity index (χ2v) is 5.34. The fourth-order valence-electron chi connectivity index (χ4n) is 2.46. The van der Waals surface area contributed by atoms with E-state index in [1.165, 1.54) is 32.4 Å². The Morgan fingerprint density at radius 3 is 2.26 bits per heavy atom. The number of alkyl halides is 2. The lowest BCUT2D eigenvalue weighted by molar-refractivity contribution is -0.129. The van der Waals surface area contributed by atoms with Crippen LogP contribution in [0.2, 0.25) is 0 Å². The minimum Gasteiger partial charge on any atom is -0.493 e. The first-order valence-corrected chi connectivity index (χ1v) is 7.80. The van der Waals surface area contributed by atoms with Crippen LogP contribution >= 0.6 is 0 Å². The van der Waals surface area contributed by atoms with Crippen LogP contribution in [0.1, 0.15) is 11.1 Å². The smallest absolute Gasteiger partial charge is 0.387 e. The highest BCUT2D eigenvalue weighted by Crippen LogP contribution is 2.40. The molecular formula is C19H15F2NO5. The molecule has 2 aromatic rings. The molecule has 6 nitrogen and oxygen atoms in total. The Balaban J connectivity index is 1.99. The van der Waals surface area contributed by atoms with Crippen molar-refractivity contribution in [3.63, 3.8) is 0 Å². The summed E-state index contributed by atoms with van der Waals surface area (Å²) in [5.41, 5.74) is 1.15. The van der Waals surface area contributed by atoms with Gasteiger partial charge in [-0.15, -0.1) is 0 Å². The molecule has 1 aliphatic rings. The predicted molar refractivity (Wildman–Crippen MR) is 93.2 cm³/mol. The van der Waals surface area contributed by atoms with Crippen LogP contribution in [0, 0.1) is 0 Å². The number of methoxy groups -OCH3 is 2. The molecule has 1 heterocycles. The van der Waals surface area contributed by atoms with Gasteiger partial charge < -0.3 is 18.9 Å². The van der Waals surface area contributed by atoms with E-state index < -0.39 is 12.6 Å². The van der Waals surface area contributed by atoms with Gasteiger partial charge in [0.1, 0.15) is 0 Å². The van der Waals surface area contributed by atoms with E-state index in [1.807, 2.05) is 6.07 Å². The lowest BCUT2D eigenvalue weighted by Gasteiger charge is -2.14. The third-order valence-electron chi connectivity index (χ3n) is 3.63. The molecule has 1 aliphatic heterocycles. The van der Waals surface area contributed by atoms with Gasteiger partial charge in [-0.2, -0.15) is 8.78 Å². The Bertz CT molecular complexity index is 885. The Morgan fingerprint density at radius 1 is 1.07 bits per heavy atom. The van der Waals surface area contributed by atoms with Gasteiger partial charge in [0.25, 0.3) is 0 Å². The van der Waals surface area contributed by atoms with Crippen molar-refractivity contribution in [3.05, 3.63) is 59.3 Å². The average Bonchev–Trinajstić information content (AvgIpc) is 3.03. The van der Waals surface area contributed by atoms with Crippen molar-refractivity contribution < 1.29 is 32.5 Å². The summed E-state index contributed by atoms with van der Waals surface area (Å²) in [6.45, 7) is -3.04. The van der Waals surface area contributed by atoms with Gasteiger partial charge in [-0.3, -0.25) is 0 Å². The number of hydrogen-bond donors (Lipinski definition) is 0. The molecule has 27 heavy (non-hydrogen) atoms. The molecule has 0 saturated carbocycles. The van der Waals surface area contributed by atoms with Gasteiger partial charge in [-0.1, -0.05) is 18.2 Å². The fraction of sp³-hybridized carbons (Fsp3) is 0.158. The number of carbonyl (C=O) groups excluding carboxylic acids is 1. The Kier molecular flexibility index (Phi) is 5.35. The highest BCUT2D eigenvalue weighted by Gasteiger charge is 2.25. The molecule has 8 heteroatoms. The van der Waals surface area contributed by atoms with Crippen LogP contribution in [0.15, 0.2) is 53.2 Å². The summed E-state index contributed by atoms with van der Waals surface area (Å²) in [4.78, 5) is 16.3. The van der Waals surface area contributed by atoms with Crippen LogP contribution in [0.5, 0.6) is 17.2 Å². The summed E-state index contributed by atoms with van der Waals surface area (Å²) < 4.78 is 45.0. The highest BCUT2D eigenvalue weighted by molar-refractivity contribution is 6.12. The molecule has 0 aromatic heterocycles. The molecule has 0 unspecified atom stereocenters. The third kappa shape index (κ3) is 4.05. The minimum atomic E-state index is -3.04. The number of halogens is 2. The predicted octanol–water partition coefficient (Wildman–Crippen LogP) is 3.65. The van der Waals surface area contributed by atoms with Crippen LogP contribution in [-0.4, -0.2) is 32.7 Å². The van der Waals surface area contributed by atoms with Crippen molar-refractivity contribution in [3.8, 4) is 17.2 Å². The zero-order valence-electron chi connectivity index (χ0n) is 14.4. The van der Waals surface area contributed by atoms with Gasteiger partial charge in [0.05, 0.1) is 14.2 Å². The summed E-state index contributed by atoms with van der Waals surface area (Å²) in [5, 5.41) is 0. The monoisotopic (exact) mass is 375 g/mol. The number of aliphatic imine (C=N–C) groups is 1. The molecular weight excluding hydrogens is 360 g/mol. The van der Waals surface area contributed by atoms with Crippen molar-refractivity contribution in [2.75, 3.05) is 14.2 Å². The van der Waals surface area contributed by atoms with E-state index in [1.54, 1.807) is 24.3 Å². The lowest BCUT2D eigenvalue weighted by Crippen LogP contribution is -2.06. The molecule has 0 N–H and O–H groups in total. The van der Waals surface area contributed by atoms with Crippen LogP contribution in [0.25, 0.3) is 6.08 Å². The maximum absolute atomic E-state index is 12.6. The van der Waals surface area contributed by atoms with E-state index in [9.17, 15) is 13.6 Å². The van der Waals surface area contributed by atoms with Crippen molar-refractivity contribution in [1.29, 1.82) is 0 Å². The number of rotatable bonds is 6. The number of nitrogens with zero attached hydrogens (tertiary/aromatic N) is 1. The van der Waals surface area contributed by atoms with Crippen molar-refractivity contribution >= 4 is 17.9 Å². The van der Waals surface area contributed by atoms with Crippen molar-refractivity contribution in [2.24, 2.45) is 4.99 Å². The van der Waals surface area contributed by atoms with E-state index >= 15 is 0 Å². The maximum Gasteiger partial charge on any atom is 0.387 e. The molecule has 0 radical (unpaired) electrons. The SMILES string of the molecule is COc1cc(/C=C2\N=C(c3ccccc3)OC2=O)cc(OC)c1OC(F)F. The standard InChI is InChI=1S/C19H15F2NO5/c1-24-14-9-11(10-15(25-2)16(14)26-19(20)21)8-13-18(23)27-17(22-13)12-6-4-3-5-7-12/h3-10,19H,1-2H3/b13-8-. The van der Waals surface area contributed by atoms with Crippen molar-refractivity contribution in [1.82, 2.24) is 0 Å². The molecule has 0 aliphatic carbocycles. The maximum atomic E-state index is 12.6. The second-order valence-electron chi connectivity index (χ2n) is 5.34. The molecule has 3 rings (SSSR count). The molecule has 0 atom stereocenters. The third-order valence-corrected chi connectivity index (χ3v) is 3.63. The van der Waals surface area contributed by atoms with E-state index in [2.05, 4.69) is 9.73 Å². The summed E-state index contributed by atoms with van der Waals surface area (Å²) >= 11 is 0. The van der Waals surface area contributed by atoms with E-state index in [0.717, 1.165) is 0 Å². The first-order chi connectivity index (χ1) is 13.0. The number of benzene rings is 2. The van der Waals surface area contributed by atoms with Crippen molar-refractivity contribution in [2.45, 2.75) is 6.61 Å². The van der Waals surface area contributed by atoms with Crippen LogP contribution in [-0.2, 0) is 9.53 Å². The quantitative estimate of drug-likeness (QED) is 0.570. The van der Waals surface area contributed by atoms with E-state index in [-0.39, 0.29) is 28.8 Å². The number of cyclic esters (lactones) is 1. The van der Waals surface area contributed by atoms with Gasteiger partial charge in [0.15, 0.2) is 17.2 Å². The molecule has 0 saturated heterocycles. The van der Waals surface area contributed by atoms with Crippen LogP contribution in [0.4, 0.5) is 8.78 Å². The highest BCUT2D eigenvalue weighted by atomic mass is 19.3. The molecule has 0 bridgehead atoms. The number of esters is 1. The van der Waals surface area contributed by atoms with Gasteiger partial charge in [-0.25, -0.2) is 9.79 Å². The number of ether oxygens (including phenoxy) is 4. The summed E-state index contributed by atoms with van der Waals surface area (Å²) in [6.07, 6.45) is 1.44. The first kappa shape index (κ1) is 18.4. The Hall–Kier alpha value is -3.42. The van der Waals surface area contributed by atoms with Crippen LogP contribution in [0.3, 0.4) is 0 Å². The van der Waals surface area contributed by atoms with Gasteiger partial charge >= 0.3 is 12.6 Å². The first-order valence-electron chi connectivity index (χ1n) is 7.80. The minimum absolute atomic E-state index is 0.0279. The lowest BCUT2D eigenvalue weighted by atomic mass is 10.1. The fourth-order valence-corrected chi connectivity index (χ4v) is 2.46. The number of hydrogen-bond acceptors (Lipinski definition) is 6. The average molecular weight is 375 g/mol. The second kappa shape index (κ2) is 7.86. The largest absolute Gasteiger partial charge is 0.493 e. The molecule has 0 fully saturated rings. The van der Waals surface area contributed by atoms with E-state index in [0.29, 0.717) is 11.1 Å². The van der Waals surface area contributed by atoms with Gasteiger partial charge in [0, 0.05) is 5.56 Å². The summed E-state index contributed by atoms with van der Waals surface area (Å²) in [6, 6.07) is 11.8. The Labute approximate surface area is 153 Å². The van der Waals surface area contributed by atoms with E-state index in [4.69, 9.17) is 14.2 Å². The topological polar surface area (TPSA) is 66.4 Å². The van der Waals surface area contributed by atoms with Gasteiger partial charge in [0.2, 0.25) is 11.6 Å². The molecule has 0 amide bonds. The van der Waals surface area contributed by atoms with Gasteiger partial charge in [-0.05, 0) is 35.9 Å². The summed E-state index contributed by atoms with van der Waals surface area (Å²) in [5.74, 6) is -0.622. The normalized spacial score (nSPS) is 14.9. The van der Waals surface area contributed by atoms with Crippen LogP contribution < -0.4 is 14.2 Å². The summed E-state index contributed by atoms with van der Waals surface area (Å²) in [7, 11) is 2.61. The Morgan fingerprint density at radius 2 is 1.70 bits per heavy atom. The molecule has 140 valence electrons. The zero-order chi connectivity index (χ0) is 19.4. The zero-order valence-corrected chi connectivity index (χ0v) is 14.4.